The number of esters is 1. The van der Waals surface area contributed by atoms with Crippen molar-refractivity contribution >= 4 is 27.4 Å². The van der Waals surface area contributed by atoms with E-state index in [0.717, 1.165) is 10.1 Å². The van der Waals surface area contributed by atoms with Crippen LogP contribution in [0.15, 0.2) is 46.5 Å². The van der Waals surface area contributed by atoms with Crippen LogP contribution in [0.2, 0.25) is 0 Å². The summed E-state index contributed by atoms with van der Waals surface area (Å²) in [7, 11) is 0. The Labute approximate surface area is 158 Å². The molecule has 0 saturated carbocycles. The Hall–Kier alpha value is -3.25. The van der Waals surface area contributed by atoms with Crippen molar-refractivity contribution in [2.75, 3.05) is 6.61 Å². The number of pyridine rings is 1. The molecule has 1 aliphatic rings. The molecule has 0 bridgehead atoms. The fourth-order valence-corrected chi connectivity index (χ4v) is 4.13. The molecule has 0 aliphatic carbocycles. The van der Waals surface area contributed by atoms with Gasteiger partial charge < -0.3 is 10.1 Å². The zero-order valence-electron chi connectivity index (χ0n) is 14.7. The summed E-state index contributed by atoms with van der Waals surface area (Å²) in [6.45, 7) is 3.22. The van der Waals surface area contributed by atoms with Crippen LogP contribution in [0.1, 0.15) is 31.7 Å². The predicted octanol–water partition coefficient (Wildman–Crippen LogP) is 3.22. The average Bonchev–Trinajstić information content (AvgIpc) is 3.04. The minimum absolute atomic E-state index is 0.0540. The Morgan fingerprint density at radius 3 is 2.96 bits per heavy atom. The first-order valence-corrected chi connectivity index (χ1v) is 9.01. The van der Waals surface area contributed by atoms with Gasteiger partial charge in [0, 0.05) is 28.2 Å². The van der Waals surface area contributed by atoms with E-state index in [1.807, 2.05) is 17.5 Å². The van der Waals surface area contributed by atoms with Gasteiger partial charge in [-0.25, -0.2) is 4.79 Å². The molecule has 27 heavy (non-hydrogen) atoms. The molecule has 3 rings (SSSR count). The molecule has 138 valence electrons. The number of allylic oxidation sites excluding steroid dienone is 3. The summed E-state index contributed by atoms with van der Waals surface area (Å²) in [5.41, 5.74) is 1.58. The van der Waals surface area contributed by atoms with Crippen LogP contribution in [0.4, 0.5) is 0 Å². The number of thiophene rings is 1. The number of nitrogens with one attached hydrogen (secondary N) is 1. The van der Waals surface area contributed by atoms with E-state index in [-0.39, 0.29) is 24.3 Å². The highest BCUT2D eigenvalue weighted by atomic mass is 32.1. The molecule has 0 saturated heterocycles. The number of dihydropyridines is 1. The second-order valence-electron chi connectivity index (χ2n) is 5.97. The molecule has 2 aromatic rings. The number of carbonyl (C=O) groups excluding carboxylic acids is 1. The minimum atomic E-state index is -0.881. The van der Waals surface area contributed by atoms with Crippen molar-refractivity contribution in [2.45, 2.75) is 26.2 Å². The molecule has 0 aromatic carbocycles. The average molecular weight is 384 g/mol. The predicted molar refractivity (Wildman–Crippen MR) is 99.1 cm³/mol. The minimum Gasteiger partial charge on any atom is -0.461 e. The number of hydrogen-bond acceptors (Lipinski definition) is 8. The molecule has 3 heterocycles. The highest BCUT2D eigenvalue weighted by Gasteiger charge is 2.42. The lowest BCUT2D eigenvalue weighted by molar-refractivity contribution is -0.431. The summed E-state index contributed by atoms with van der Waals surface area (Å²) in [6.07, 6.45) is 3.35. The van der Waals surface area contributed by atoms with Crippen LogP contribution in [0.25, 0.3) is 10.1 Å². The Morgan fingerprint density at radius 2 is 2.26 bits per heavy atom. The maximum absolute atomic E-state index is 12.7. The fraction of sp³-hybridized carbons (Fsp3) is 0.278. The molecule has 0 radical (unpaired) electrons. The number of ether oxygens (including phenoxy) is 1. The highest BCUT2D eigenvalue weighted by molar-refractivity contribution is 7.17. The topological polar surface area (TPSA) is 118 Å². The first-order valence-electron chi connectivity index (χ1n) is 8.13. The standard InChI is InChI=1S/C18H16N4O4S/c1-10-15(18(23)26-7-3-5-19)16(17(22(24)25)11(2)21-10)13-9-27-14-4-6-20-8-12(13)14/h4,6,8-9,16,21H,3,7H2,1-2H3. The van der Waals surface area contributed by atoms with Crippen LogP contribution in [0.5, 0.6) is 0 Å². The van der Waals surface area contributed by atoms with Gasteiger partial charge in [0.25, 0.3) is 5.70 Å². The summed E-state index contributed by atoms with van der Waals surface area (Å²) in [5, 5.41) is 25.9. The Kier molecular flexibility index (Phi) is 5.19. The van der Waals surface area contributed by atoms with Gasteiger partial charge in [-0.05, 0) is 30.9 Å². The van der Waals surface area contributed by atoms with Gasteiger partial charge in [-0.15, -0.1) is 11.3 Å². The van der Waals surface area contributed by atoms with Crippen LogP contribution in [0, 0.1) is 21.4 Å². The number of aromatic nitrogens is 1. The number of nitrogens with zero attached hydrogens (tertiary/aromatic N) is 3. The largest absolute Gasteiger partial charge is 0.461 e. The van der Waals surface area contributed by atoms with E-state index in [2.05, 4.69) is 10.3 Å². The number of rotatable bonds is 5. The normalized spacial score (nSPS) is 16.9. The summed E-state index contributed by atoms with van der Waals surface area (Å²) >= 11 is 1.44. The molecule has 1 N–H and O–H groups in total. The molecule has 0 amide bonds. The second kappa shape index (κ2) is 7.55. The number of carbonyl (C=O) groups is 1. The highest BCUT2D eigenvalue weighted by Crippen LogP contribution is 2.43. The van der Waals surface area contributed by atoms with Gasteiger partial charge in [-0.3, -0.25) is 15.1 Å². The molecule has 9 heteroatoms. The second-order valence-corrected chi connectivity index (χ2v) is 6.88. The van der Waals surface area contributed by atoms with Gasteiger partial charge >= 0.3 is 5.97 Å². The van der Waals surface area contributed by atoms with E-state index in [4.69, 9.17) is 10.00 Å². The molecule has 1 atom stereocenters. The zero-order chi connectivity index (χ0) is 19.6. The van der Waals surface area contributed by atoms with Crippen molar-refractivity contribution < 1.29 is 14.5 Å². The van der Waals surface area contributed by atoms with Gasteiger partial charge in [0.05, 0.1) is 28.7 Å². The summed E-state index contributed by atoms with van der Waals surface area (Å²) in [4.78, 5) is 28.2. The molecular formula is C18H16N4O4S. The fourth-order valence-electron chi connectivity index (χ4n) is 3.18. The van der Waals surface area contributed by atoms with E-state index in [0.29, 0.717) is 17.0 Å². The van der Waals surface area contributed by atoms with E-state index < -0.39 is 16.8 Å². The van der Waals surface area contributed by atoms with Crippen molar-refractivity contribution in [2.24, 2.45) is 0 Å². The summed E-state index contributed by atoms with van der Waals surface area (Å²) in [5.74, 6) is -1.55. The molecule has 0 spiro atoms. The number of fused-ring (bicyclic) bond motifs is 1. The van der Waals surface area contributed by atoms with E-state index in [1.165, 1.54) is 11.3 Å². The SMILES string of the molecule is CC1=C(C(=O)OCCC#N)C(c2csc3ccncc23)C([N+](=O)[O-])=C(C)N1. The van der Waals surface area contributed by atoms with Gasteiger partial charge in [0.2, 0.25) is 0 Å². The quantitative estimate of drug-likeness (QED) is 0.364. The van der Waals surface area contributed by atoms with Crippen LogP contribution in [-0.4, -0.2) is 22.5 Å². The molecule has 8 nitrogen and oxygen atoms in total. The van der Waals surface area contributed by atoms with Crippen LogP contribution >= 0.6 is 11.3 Å². The van der Waals surface area contributed by atoms with Crippen LogP contribution in [0.3, 0.4) is 0 Å². The third-order valence-electron chi connectivity index (χ3n) is 4.30. The van der Waals surface area contributed by atoms with Crippen molar-refractivity contribution in [3.05, 3.63) is 62.2 Å². The first-order chi connectivity index (χ1) is 13.0. The first kappa shape index (κ1) is 18.5. The lowest BCUT2D eigenvalue weighted by Crippen LogP contribution is -2.31. The summed E-state index contributed by atoms with van der Waals surface area (Å²) in [6, 6.07) is 3.73. The van der Waals surface area contributed by atoms with Crippen molar-refractivity contribution in [1.29, 1.82) is 5.26 Å². The Bertz CT molecular complexity index is 1030. The smallest absolute Gasteiger partial charge is 0.337 e. The molecule has 1 unspecified atom stereocenters. The third-order valence-corrected chi connectivity index (χ3v) is 5.29. The molecule has 1 aliphatic heterocycles. The lowest BCUT2D eigenvalue weighted by Gasteiger charge is -2.26. The van der Waals surface area contributed by atoms with E-state index in [9.17, 15) is 14.9 Å². The molecule has 2 aromatic heterocycles. The Morgan fingerprint density at radius 1 is 1.48 bits per heavy atom. The van der Waals surface area contributed by atoms with Crippen molar-refractivity contribution in [1.82, 2.24) is 10.3 Å². The van der Waals surface area contributed by atoms with Gasteiger partial charge in [0.15, 0.2) is 0 Å². The number of nitro groups is 1. The van der Waals surface area contributed by atoms with Gasteiger partial charge in [0.1, 0.15) is 12.5 Å². The van der Waals surface area contributed by atoms with E-state index >= 15 is 0 Å². The van der Waals surface area contributed by atoms with Crippen molar-refractivity contribution in [3.8, 4) is 6.07 Å². The Balaban J connectivity index is 2.15. The van der Waals surface area contributed by atoms with E-state index in [1.54, 1.807) is 26.2 Å². The third kappa shape index (κ3) is 3.39. The number of hydrogen-bond donors (Lipinski definition) is 1. The van der Waals surface area contributed by atoms with Crippen LogP contribution in [-0.2, 0) is 9.53 Å². The monoisotopic (exact) mass is 384 g/mol. The molecule has 0 fully saturated rings. The number of nitriles is 1. The maximum atomic E-state index is 12.7. The van der Waals surface area contributed by atoms with Gasteiger partial charge in [-0.1, -0.05) is 0 Å². The molecular weight excluding hydrogens is 368 g/mol. The zero-order valence-corrected chi connectivity index (χ0v) is 15.5. The maximum Gasteiger partial charge on any atom is 0.337 e. The van der Waals surface area contributed by atoms with Crippen LogP contribution < -0.4 is 5.32 Å². The van der Waals surface area contributed by atoms with Gasteiger partial charge in [-0.2, -0.15) is 5.26 Å². The summed E-state index contributed by atoms with van der Waals surface area (Å²) < 4.78 is 6.10. The van der Waals surface area contributed by atoms with Crippen molar-refractivity contribution in [3.63, 3.8) is 0 Å². The lowest BCUT2D eigenvalue weighted by atomic mass is 9.84.